The Labute approximate surface area is 156 Å². The van der Waals surface area contributed by atoms with Gasteiger partial charge in [0.2, 0.25) is 5.91 Å². The first-order valence-electron chi connectivity index (χ1n) is 7.96. The summed E-state index contributed by atoms with van der Waals surface area (Å²) in [6.45, 7) is 2.87. The molecule has 1 amide bonds. The predicted molar refractivity (Wildman–Crippen MR) is 104 cm³/mol. The maximum Gasteiger partial charge on any atom is 0.234 e. The molecule has 2 aromatic carbocycles. The smallest absolute Gasteiger partial charge is 0.234 e. The highest BCUT2D eigenvalue weighted by Gasteiger charge is 2.12. The van der Waals surface area contributed by atoms with E-state index in [4.69, 9.17) is 11.6 Å². The molecule has 0 bridgehead atoms. The monoisotopic (exact) mass is 371 g/mol. The quantitative estimate of drug-likeness (QED) is 0.623. The zero-order chi connectivity index (χ0) is 17.6. The third kappa shape index (κ3) is 4.44. The molecule has 0 aliphatic rings. The minimum absolute atomic E-state index is 0.0702. The largest absolute Gasteiger partial charge is 0.325 e. The maximum atomic E-state index is 12.1. The first-order chi connectivity index (χ1) is 12.2. The van der Waals surface area contributed by atoms with Crippen molar-refractivity contribution >= 4 is 35.0 Å². The van der Waals surface area contributed by atoms with Gasteiger partial charge in [0.25, 0.3) is 0 Å². The molecular weight excluding hydrogens is 354 g/mol. The molecule has 1 aromatic heterocycles. The Morgan fingerprint density at radius 1 is 1.16 bits per heavy atom. The van der Waals surface area contributed by atoms with E-state index < -0.39 is 0 Å². The Morgan fingerprint density at radius 2 is 1.88 bits per heavy atom. The summed E-state index contributed by atoms with van der Waals surface area (Å²) in [7, 11) is 0. The highest BCUT2D eigenvalue weighted by molar-refractivity contribution is 7.99. The van der Waals surface area contributed by atoms with Crippen molar-refractivity contribution < 1.29 is 4.79 Å². The number of amides is 1. The summed E-state index contributed by atoms with van der Waals surface area (Å²) in [5, 5.41) is 4.34. The maximum absolute atomic E-state index is 12.1. The summed E-state index contributed by atoms with van der Waals surface area (Å²) >= 11 is 7.28. The van der Waals surface area contributed by atoms with Gasteiger partial charge in [0, 0.05) is 17.3 Å². The molecule has 0 atom stereocenters. The Balaban J connectivity index is 1.66. The Kier molecular flexibility index (Phi) is 5.79. The number of hydrogen-bond acceptors (Lipinski definition) is 3. The second-order valence-electron chi connectivity index (χ2n) is 5.38. The SMILES string of the molecule is CCn1c(-c2ccccc2)cnc1SCC(=O)Nc1ccc(Cl)cc1. The number of hydrogen-bond donors (Lipinski definition) is 1. The fourth-order valence-corrected chi connectivity index (χ4v) is 3.45. The number of imidazole rings is 1. The van der Waals surface area contributed by atoms with E-state index in [1.165, 1.54) is 11.8 Å². The summed E-state index contributed by atoms with van der Waals surface area (Å²) in [6, 6.07) is 17.2. The van der Waals surface area contributed by atoms with Gasteiger partial charge in [0.15, 0.2) is 5.16 Å². The number of halogens is 1. The van der Waals surface area contributed by atoms with Crippen molar-refractivity contribution in [2.75, 3.05) is 11.1 Å². The van der Waals surface area contributed by atoms with Gasteiger partial charge in [-0.15, -0.1) is 0 Å². The lowest BCUT2D eigenvalue weighted by Gasteiger charge is -2.09. The summed E-state index contributed by atoms with van der Waals surface area (Å²) in [4.78, 5) is 16.6. The highest BCUT2D eigenvalue weighted by Crippen LogP contribution is 2.26. The highest BCUT2D eigenvalue weighted by atomic mass is 35.5. The number of benzene rings is 2. The molecule has 128 valence electrons. The normalized spacial score (nSPS) is 10.6. The number of nitrogens with one attached hydrogen (secondary N) is 1. The average Bonchev–Trinajstić information content (AvgIpc) is 3.05. The van der Waals surface area contributed by atoms with Gasteiger partial charge < -0.3 is 9.88 Å². The van der Waals surface area contributed by atoms with E-state index >= 15 is 0 Å². The number of rotatable bonds is 6. The van der Waals surface area contributed by atoms with E-state index in [1.54, 1.807) is 24.3 Å². The minimum Gasteiger partial charge on any atom is -0.325 e. The molecule has 3 rings (SSSR count). The predicted octanol–water partition coefficient (Wildman–Crippen LogP) is 4.95. The molecule has 1 N–H and O–H groups in total. The lowest BCUT2D eigenvalue weighted by atomic mass is 10.2. The zero-order valence-corrected chi connectivity index (χ0v) is 15.3. The van der Waals surface area contributed by atoms with Crippen LogP contribution in [-0.2, 0) is 11.3 Å². The first-order valence-corrected chi connectivity index (χ1v) is 9.33. The van der Waals surface area contributed by atoms with Crippen LogP contribution in [-0.4, -0.2) is 21.2 Å². The van der Waals surface area contributed by atoms with Crippen LogP contribution in [0.1, 0.15) is 6.92 Å². The van der Waals surface area contributed by atoms with Gasteiger partial charge in [0.1, 0.15) is 0 Å². The van der Waals surface area contributed by atoms with Gasteiger partial charge in [-0.3, -0.25) is 4.79 Å². The molecule has 0 aliphatic carbocycles. The van der Waals surface area contributed by atoms with Crippen LogP contribution >= 0.6 is 23.4 Å². The van der Waals surface area contributed by atoms with E-state index in [1.807, 2.05) is 24.4 Å². The van der Waals surface area contributed by atoms with Gasteiger partial charge in [-0.05, 0) is 36.8 Å². The topological polar surface area (TPSA) is 46.9 Å². The molecule has 0 aliphatic heterocycles. The second kappa shape index (κ2) is 8.23. The van der Waals surface area contributed by atoms with Gasteiger partial charge in [0.05, 0.1) is 17.6 Å². The van der Waals surface area contributed by atoms with E-state index in [0.717, 1.165) is 28.6 Å². The zero-order valence-electron chi connectivity index (χ0n) is 13.8. The molecule has 4 nitrogen and oxygen atoms in total. The van der Waals surface area contributed by atoms with E-state index in [-0.39, 0.29) is 5.91 Å². The van der Waals surface area contributed by atoms with E-state index in [2.05, 4.69) is 33.9 Å². The van der Waals surface area contributed by atoms with Gasteiger partial charge in [-0.2, -0.15) is 0 Å². The van der Waals surface area contributed by atoms with Crippen molar-refractivity contribution in [2.45, 2.75) is 18.6 Å². The van der Waals surface area contributed by atoms with Crippen molar-refractivity contribution in [1.29, 1.82) is 0 Å². The third-order valence-electron chi connectivity index (χ3n) is 3.67. The van der Waals surface area contributed by atoms with Crippen molar-refractivity contribution in [3.63, 3.8) is 0 Å². The van der Waals surface area contributed by atoms with Crippen molar-refractivity contribution in [2.24, 2.45) is 0 Å². The second-order valence-corrected chi connectivity index (χ2v) is 6.76. The summed E-state index contributed by atoms with van der Waals surface area (Å²) < 4.78 is 2.12. The fourth-order valence-electron chi connectivity index (χ4n) is 2.48. The number of anilines is 1. The summed E-state index contributed by atoms with van der Waals surface area (Å²) in [5.41, 5.74) is 2.91. The van der Waals surface area contributed by atoms with Crippen LogP contribution in [0.15, 0.2) is 66.0 Å². The van der Waals surface area contributed by atoms with E-state index in [0.29, 0.717) is 10.8 Å². The van der Waals surface area contributed by atoms with Crippen LogP contribution in [0.5, 0.6) is 0 Å². The number of carbonyl (C=O) groups is 1. The molecule has 0 spiro atoms. The Hall–Kier alpha value is -2.24. The number of nitrogens with zero attached hydrogens (tertiary/aromatic N) is 2. The van der Waals surface area contributed by atoms with Crippen LogP contribution in [0, 0.1) is 0 Å². The summed E-state index contributed by atoms with van der Waals surface area (Å²) in [5.74, 6) is 0.229. The lowest BCUT2D eigenvalue weighted by Crippen LogP contribution is -2.14. The molecule has 1 heterocycles. The molecule has 0 radical (unpaired) electrons. The van der Waals surface area contributed by atoms with Crippen LogP contribution in [0.25, 0.3) is 11.3 Å². The Bertz CT molecular complexity index is 847. The molecule has 0 saturated heterocycles. The lowest BCUT2D eigenvalue weighted by molar-refractivity contribution is -0.113. The molecule has 25 heavy (non-hydrogen) atoms. The minimum atomic E-state index is -0.0702. The molecule has 0 saturated carbocycles. The standard InChI is InChI=1S/C19H18ClN3OS/c1-2-23-17(14-6-4-3-5-7-14)12-21-19(23)25-13-18(24)22-16-10-8-15(20)9-11-16/h3-12H,2,13H2,1H3,(H,22,24). The average molecular weight is 372 g/mol. The Morgan fingerprint density at radius 3 is 2.56 bits per heavy atom. The van der Waals surface area contributed by atoms with Crippen molar-refractivity contribution in [3.8, 4) is 11.3 Å². The molecule has 0 unspecified atom stereocenters. The van der Waals surface area contributed by atoms with Crippen LogP contribution in [0.3, 0.4) is 0 Å². The van der Waals surface area contributed by atoms with E-state index in [9.17, 15) is 4.79 Å². The molecule has 0 fully saturated rings. The van der Waals surface area contributed by atoms with Gasteiger partial charge >= 0.3 is 0 Å². The van der Waals surface area contributed by atoms with Crippen molar-refractivity contribution in [3.05, 3.63) is 65.8 Å². The number of thioether (sulfide) groups is 1. The molecular formula is C19H18ClN3OS. The van der Waals surface area contributed by atoms with Crippen LogP contribution in [0.4, 0.5) is 5.69 Å². The molecule has 3 aromatic rings. The number of aromatic nitrogens is 2. The fraction of sp³-hybridized carbons (Fsp3) is 0.158. The first kappa shape index (κ1) is 17.6. The van der Waals surface area contributed by atoms with Crippen LogP contribution < -0.4 is 5.32 Å². The van der Waals surface area contributed by atoms with Crippen molar-refractivity contribution in [1.82, 2.24) is 9.55 Å². The van der Waals surface area contributed by atoms with Gasteiger partial charge in [-0.25, -0.2) is 4.98 Å². The number of carbonyl (C=O) groups excluding carboxylic acids is 1. The summed E-state index contributed by atoms with van der Waals surface area (Å²) in [6.07, 6.45) is 1.86. The third-order valence-corrected chi connectivity index (χ3v) is 4.91. The van der Waals surface area contributed by atoms with Crippen LogP contribution in [0.2, 0.25) is 5.02 Å². The molecule has 6 heteroatoms. The van der Waals surface area contributed by atoms with Gasteiger partial charge in [-0.1, -0.05) is 53.7 Å².